The third-order valence-electron chi connectivity index (χ3n) is 3.08. The van der Waals surface area contributed by atoms with Crippen molar-refractivity contribution in [2.45, 2.75) is 19.4 Å². The molecule has 0 saturated carbocycles. The van der Waals surface area contributed by atoms with Crippen molar-refractivity contribution in [3.05, 3.63) is 64.1 Å². The van der Waals surface area contributed by atoms with Crippen LogP contribution in [0.3, 0.4) is 0 Å². The molecule has 19 heavy (non-hydrogen) atoms. The van der Waals surface area contributed by atoms with Crippen molar-refractivity contribution in [1.29, 1.82) is 0 Å². The number of phenols is 1. The lowest BCUT2D eigenvalue weighted by atomic mass is 9.98. The summed E-state index contributed by atoms with van der Waals surface area (Å²) in [5, 5.41) is 13.0. The largest absolute Gasteiger partial charge is 0.508 e. The van der Waals surface area contributed by atoms with E-state index in [4.69, 9.17) is 0 Å². The van der Waals surface area contributed by atoms with Crippen LogP contribution in [0.5, 0.6) is 5.75 Å². The molecule has 2 aromatic carbocycles. The van der Waals surface area contributed by atoms with E-state index in [9.17, 15) is 5.11 Å². The molecule has 0 saturated heterocycles. The van der Waals surface area contributed by atoms with Gasteiger partial charge in [0.05, 0.1) is 0 Å². The Morgan fingerprint density at radius 2 is 1.95 bits per heavy atom. The number of benzene rings is 2. The third-order valence-corrected chi connectivity index (χ3v) is 3.80. The summed E-state index contributed by atoms with van der Waals surface area (Å²) in [4.78, 5) is 0. The highest BCUT2D eigenvalue weighted by molar-refractivity contribution is 9.10. The van der Waals surface area contributed by atoms with Crippen molar-refractivity contribution >= 4 is 15.9 Å². The summed E-state index contributed by atoms with van der Waals surface area (Å²) in [7, 11) is 0. The molecule has 2 aromatic rings. The van der Waals surface area contributed by atoms with Gasteiger partial charge in [0.15, 0.2) is 0 Å². The van der Waals surface area contributed by atoms with Crippen LogP contribution >= 0.6 is 15.9 Å². The number of nitrogens with one attached hydrogen (secondary N) is 1. The summed E-state index contributed by atoms with van der Waals surface area (Å²) in [6.07, 6.45) is 0.852. The van der Waals surface area contributed by atoms with Gasteiger partial charge in [0, 0.05) is 10.5 Å². The summed E-state index contributed by atoms with van der Waals surface area (Å²) in [5.74, 6) is 0.319. The highest BCUT2D eigenvalue weighted by Gasteiger charge is 2.13. The number of rotatable bonds is 5. The Labute approximate surface area is 122 Å². The van der Waals surface area contributed by atoms with Crippen LogP contribution in [0.1, 0.15) is 24.1 Å². The SMILES string of the molecule is CCNC(Cc1cccc(O)c1)c1ccccc1Br. The number of hydrogen-bond acceptors (Lipinski definition) is 2. The second kappa shape index (κ2) is 6.73. The molecule has 0 bridgehead atoms. The number of halogens is 1. The Balaban J connectivity index is 2.24. The molecular weight excluding hydrogens is 302 g/mol. The minimum atomic E-state index is 0.238. The highest BCUT2D eigenvalue weighted by atomic mass is 79.9. The van der Waals surface area contributed by atoms with Gasteiger partial charge in [0.2, 0.25) is 0 Å². The van der Waals surface area contributed by atoms with E-state index < -0.39 is 0 Å². The fourth-order valence-corrected chi connectivity index (χ4v) is 2.78. The van der Waals surface area contributed by atoms with Crippen molar-refractivity contribution in [3.63, 3.8) is 0 Å². The number of aromatic hydroxyl groups is 1. The Morgan fingerprint density at radius 1 is 1.16 bits per heavy atom. The van der Waals surface area contributed by atoms with Crippen molar-refractivity contribution in [3.8, 4) is 5.75 Å². The molecule has 0 heterocycles. The van der Waals surface area contributed by atoms with E-state index in [2.05, 4.69) is 40.3 Å². The topological polar surface area (TPSA) is 32.3 Å². The predicted octanol–water partition coefficient (Wildman–Crippen LogP) is 4.05. The lowest BCUT2D eigenvalue weighted by molar-refractivity contribution is 0.473. The second-order valence-electron chi connectivity index (χ2n) is 4.51. The molecule has 0 fully saturated rings. The molecule has 100 valence electrons. The molecule has 2 rings (SSSR count). The molecule has 0 aromatic heterocycles. The molecule has 0 radical (unpaired) electrons. The molecule has 0 aliphatic carbocycles. The zero-order valence-corrected chi connectivity index (χ0v) is 12.5. The molecule has 0 spiro atoms. The third kappa shape index (κ3) is 3.82. The summed E-state index contributed by atoms with van der Waals surface area (Å²) in [5.41, 5.74) is 2.37. The summed E-state index contributed by atoms with van der Waals surface area (Å²) in [6.45, 7) is 3.01. The lowest BCUT2D eigenvalue weighted by Crippen LogP contribution is -2.23. The average molecular weight is 320 g/mol. The van der Waals surface area contributed by atoms with Gasteiger partial charge < -0.3 is 10.4 Å². The molecule has 0 aliphatic heterocycles. The van der Waals surface area contributed by atoms with Crippen LogP contribution < -0.4 is 5.32 Å². The normalized spacial score (nSPS) is 12.3. The van der Waals surface area contributed by atoms with Gasteiger partial charge in [-0.05, 0) is 42.3 Å². The van der Waals surface area contributed by atoms with Gasteiger partial charge in [-0.15, -0.1) is 0 Å². The maximum Gasteiger partial charge on any atom is 0.115 e. The Morgan fingerprint density at radius 3 is 2.63 bits per heavy atom. The van der Waals surface area contributed by atoms with Gasteiger partial charge >= 0.3 is 0 Å². The minimum Gasteiger partial charge on any atom is -0.508 e. The van der Waals surface area contributed by atoms with Gasteiger partial charge in [0.25, 0.3) is 0 Å². The first-order chi connectivity index (χ1) is 9.20. The van der Waals surface area contributed by atoms with Crippen molar-refractivity contribution in [1.82, 2.24) is 5.32 Å². The van der Waals surface area contributed by atoms with Crippen molar-refractivity contribution < 1.29 is 5.11 Å². The van der Waals surface area contributed by atoms with Crippen LogP contribution in [-0.2, 0) is 6.42 Å². The molecule has 3 heteroatoms. The maximum absolute atomic E-state index is 9.55. The van der Waals surface area contributed by atoms with Gasteiger partial charge in [-0.1, -0.05) is 53.2 Å². The summed E-state index contributed by atoms with van der Waals surface area (Å²) < 4.78 is 1.11. The average Bonchev–Trinajstić information content (AvgIpc) is 2.39. The van der Waals surface area contributed by atoms with E-state index in [1.165, 1.54) is 5.56 Å². The molecule has 0 amide bonds. The summed E-state index contributed by atoms with van der Waals surface area (Å²) >= 11 is 3.61. The van der Waals surface area contributed by atoms with Crippen LogP contribution in [0.2, 0.25) is 0 Å². The Hall–Kier alpha value is -1.32. The van der Waals surface area contributed by atoms with E-state index >= 15 is 0 Å². The number of likely N-dealkylation sites (N-methyl/N-ethyl adjacent to an activating group) is 1. The smallest absolute Gasteiger partial charge is 0.115 e. The van der Waals surface area contributed by atoms with Crippen LogP contribution in [0, 0.1) is 0 Å². The first-order valence-corrected chi connectivity index (χ1v) is 7.25. The number of phenolic OH excluding ortho intramolecular Hbond substituents is 1. The quantitative estimate of drug-likeness (QED) is 0.871. The van der Waals surface area contributed by atoms with Crippen molar-refractivity contribution in [2.75, 3.05) is 6.54 Å². The van der Waals surface area contributed by atoms with Gasteiger partial charge in [0.1, 0.15) is 5.75 Å². The maximum atomic E-state index is 9.55. The Bertz CT molecular complexity index is 542. The summed E-state index contributed by atoms with van der Waals surface area (Å²) in [6, 6.07) is 15.9. The highest BCUT2D eigenvalue weighted by Crippen LogP contribution is 2.26. The van der Waals surface area contributed by atoms with E-state index in [0.717, 1.165) is 23.0 Å². The van der Waals surface area contributed by atoms with Crippen LogP contribution in [0.4, 0.5) is 0 Å². The van der Waals surface area contributed by atoms with Crippen LogP contribution in [0.25, 0.3) is 0 Å². The molecule has 0 aliphatic rings. The Kier molecular flexibility index (Phi) is 5.00. The molecule has 2 N–H and O–H groups in total. The second-order valence-corrected chi connectivity index (χ2v) is 5.36. The fraction of sp³-hybridized carbons (Fsp3) is 0.250. The predicted molar refractivity (Wildman–Crippen MR) is 82.4 cm³/mol. The minimum absolute atomic E-state index is 0.238. The zero-order chi connectivity index (χ0) is 13.7. The standard InChI is InChI=1S/C16H18BrNO/c1-2-18-16(14-8-3-4-9-15(14)17)11-12-6-5-7-13(19)10-12/h3-10,16,18-19H,2,11H2,1H3. The monoisotopic (exact) mass is 319 g/mol. The fourth-order valence-electron chi connectivity index (χ4n) is 2.22. The first-order valence-electron chi connectivity index (χ1n) is 6.46. The number of hydrogen-bond donors (Lipinski definition) is 2. The molecule has 1 unspecified atom stereocenters. The van der Waals surface area contributed by atoms with Crippen LogP contribution in [-0.4, -0.2) is 11.7 Å². The van der Waals surface area contributed by atoms with E-state index in [1.807, 2.05) is 30.3 Å². The van der Waals surface area contributed by atoms with E-state index in [0.29, 0.717) is 5.75 Å². The van der Waals surface area contributed by atoms with E-state index in [1.54, 1.807) is 6.07 Å². The van der Waals surface area contributed by atoms with Gasteiger partial charge in [-0.3, -0.25) is 0 Å². The van der Waals surface area contributed by atoms with Gasteiger partial charge in [-0.25, -0.2) is 0 Å². The van der Waals surface area contributed by atoms with Crippen LogP contribution in [0.15, 0.2) is 53.0 Å². The zero-order valence-electron chi connectivity index (χ0n) is 10.9. The van der Waals surface area contributed by atoms with Crippen molar-refractivity contribution in [2.24, 2.45) is 0 Å². The van der Waals surface area contributed by atoms with Gasteiger partial charge in [-0.2, -0.15) is 0 Å². The first kappa shape index (κ1) is 14.1. The molecular formula is C16H18BrNO. The molecule has 2 nitrogen and oxygen atoms in total. The molecule has 1 atom stereocenters. The van der Waals surface area contributed by atoms with E-state index in [-0.39, 0.29) is 6.04 Å². The lowest BCUT2D eigenvalue weighted by Gasteiger charge is -2.20.